The molecular weight excluding hydrogens is 182 g/mol. The fourth-order valence-electron chi connectivity index (χ4n) is 1.49. The van der Waals surface area contributed by atoms with Crippen LogP contribution >= 0.6 is 11.3 Å². The van der Waals surface area contributed by atoms with Gasteiger partial charge in [-0.25, -0.2) is 0 Å². The molecule has 0 unspecified atom stereocenters. The molecule has 0 aliphatic carbocycles. The molecule has 0 aliphatic rings. The molecule has 3 heteroatoms. The molecule has 0 radical (unpaired) electrons. The molecule has 1 aromatic heterocycles. The fourth-order valence-corrected chi connectivity index (χ4v) is 2.51. The van der Waals surface area contributed by atoms with Gasteiger partial charge in [-0.1, -0.05) is 0 Å². The van der Waals surface area contributed by atoms with E-state index in [9.17, 15) is 0 Å². The van der Waals surface area contributed by atoms with Crippen LogP contribution in [0.4, 0.5) is 5.69 Å². The van der Waals surface area contributed by atoms with E-state index < -0.39 is 0 Å². The van der Waals surface area contributed by atoms with Gasteiger partial charge < -0.3 is 10.8 Å². The first-order chi connectivity index (χ1) is 6.20. The van der Waals surface area contributed by atoms with Crippen LogP contribution in [-0.4, -0.2) is 5.11 Å². The van der Waals surface area contributed by atoms with Gasteiger partial charge in [-0.2, -0.15) is 0 Å². The summed E-state index contributed by atoms with van der Waals surface area (Å²) < 4.78 is 1.15. The summed E-state index contributed by atoms with van der Waals surface area (Å²) in [6.07, 6.45) is 0. The Bertz CT molecular complexity index is 447. The van der Waals surface area contributed by atoms with E-state index >= 15 is 0 Å². The number of aliphatic hydroxyl groups is 1. The summed E-state index contributed by atoms with van der Waals surface area (Å²) in [6, 6.07) is 5.87. The van der Waals surface area contributed by atoms with Crippen molar-refractivity contribution in [3.05, 3.63) is 28.6 Å². The summed E-state index contributed by atoms with van der Waals surface area (Å²) in [7, 11) is 0. The van der Waals surface area contributed by atoms with Crippen LogP contribution in [0.2, 0.25) is 0 Å². The first kappa shape index (κ1) is 8.53. The normalized spacial score (nSPS) is 10.9. The molecule has 2 rings (SSSR count). The maximum absolute atomic E-state index is 9.12. The van der Waals surface area contributed by atoms with Crippen LogP contribution in [0.3, 0.4) is 0 Å². The Morgan fingerprint density at radius 2 is 2.15 bits per heavy atom. The largest absolute Gasteiger partial charge is 0.399 e. The summed E-state index contributed by atoms with van der Waals surface area (Å²) in [6.45, 7) is 2.11. The van der Waals surface area contributed by atoms with Crippen LogP contribution in [0.5, 0.6) is 0 Å². The van der Waals surface area contributed by atoms with Gasteiger partial charge in [-0.3, -0.25) is 0 Å². The standard InChI is InChI=1S/C10H11NOS/c1-6-2-9-7(5-12)3-8(11)4-10(9)13-6/h2-4,12H,5,11H2,1H3. The molecule has 3 N–H and O–H groups in total. The highest BCUT2D eigenvalue weighted by Gasteiger charge is 2.04. The van der Waals surface area contributed by atoms with Crippen molar-refractivity contribution in [2.75, 3.05) is 5.73 Å². The highest BCUT2D eigenvalue weighted by Crippen LogP contribution is 2.30. The Labute approximate surface area is 80.6 Å². The van der Waals surface area contributed by atoms with Gasteiger partial charge in [0.1, 0.15) is 0 Å². The maximum Gasteiger partial charge on any atom is 0.0688 e. The molecule has 2 aromatic rings. The monoisotopic (exact) mass is 193 g/mol. The van der Waals surface area contributed by atoms with E-state index in [4.69, 9.17) is 10.8 Å². The molecule has 0 atom stereocenters. The topological polar surface area (TPSA) is 46.2 Å². The van der Waals surface area contributed by atoms with Crippen LogP contribution in [0.15, 0.2) is 18.2 Å². The van der Waals surface area contributed by atoms with Crippen LogP contribution in [0.25, 0.3) is 10.1 Å². The number of thiophene rings is 1. The van der Waals surface area contributed by atoms with Crippen molar-refractivity contribution >= 4 is 27.1 Å². The van der Waals surface area contributed by atoms with Crippen molar-refractivity contribution in [3.63, 3.8) is 0 Å². The third kappa shape index (κ3) is 1.41. The van der Waals surface area contributed by atoms with Gasteiger partial charge in [0.25, 0.3) is 0 Å². The molecule has 1 aromatic carbocycles. The average molecular weight is 193 g/mol. The van der Waals surface area contributed by atoms with Gasteiger partial charge in [-0.15, -0.1) is 11.3 Å². The predicted molar refractivity (Wildman–Crippen MR) is 56.9 cm³/mol. The Morgan fingerprint density at radius 3 is 2.85 bits per heavy atom. The molecule has 0 aliphatic heterocycles. The number of aryl methyl sites for hydroxylation is 1. The molecule has 0 amide bonds. The fraction of sp³-hybridized carbons (Fsp3) is 0.200. The zero-order valence-corrected chi connectivity index (χ0v) is 8.19. The Morgan fingerprint density at radius 1 is 1.38 bits per heavy atom. The number of aliphatic hydroxyl groups excluding tert-OH is 1. The number of rotatable bonds is 1. The molecule has 0 saturated heterocycles. The minimum Gasteiger partial charge on any atom is -0.399 e. The SMILES string of the molecule is Cc1cc2c(CO)cc(N)cc2s1. The number of nitrogens with two attached hydrogens (primary N) is 1. The summed E-state index contributed by atoms with van der Waals surface area (Å²) in [5.74, 6) is 0. The molecule has 1 heterocycles. The van der Waals surface area contributed by atoms with E-state index in [0.29, 0.717) is 0 Å². The number of hydrogen-bond donors (Lipinski definition) is 2. The van der Waals surface area contributed by atoms with Crippen LogP contribution in [0.1, 0.15) is 10.4 Å². The van der Waals surface area contributed by atoms with E-state index in [2.05, 4.69) is 13.0 Å². The minimum absolute atomic E-state index is 0.0533. The molecule has 13 heavy (non-hydrogen) atoms. The highest BCUT2D eigenvalue weighted by atomic mass is 32.1. The van der Waals surface area contributed by atoms with Crippen LogP contribution < -0.4 is 5.73 Å². The van der Waals surface area contributed by atoms with Crippen molar-refractivity contribution in [2.45, 2.75) is 13.5 Å². The number of hydrogen-bond acceptors (Lipinski definition) is 3. The Hall–Kier alpha value is -1.06. The molecule has 0 spiro atoms. The maximum atomic E-state index is 9.12. The summed E-state index contributed by atoms with van der Waals surface area (Å²) in [5, 5.41) is 10.2. The van der Waals surface area contributed by atoms with Crippen molar-refractivity contribution in [1.29, 1.82) is 0 Å². The molecule has 2 nitrogen and oxygen atoms in total. The molecule has 0 saturated carbocycles. The Kier molecular flexibility index (Phi) is 1.98. The number of anilines is 1. The van der Waals surface area contributed by atoms with Gasteiger partial charge >= 0.3 is 0 Å². The minimum atomic E-state index is 0.0533. The van der Waals surface area contributed by atoms with Gasteiger partial charge in [0.05, 0.1) is 6.61 Å². The second-order valence-corrected chi connectivity index (χ2v) is 4.39. The number of nitrogen functional groups attached to an aromatic ring is 1. The summed E-state index contributed by atoms with van der Waals surface area (Å²) >= 11 is 1.70. The van der Waals surface area contributed by atoms with Crippen LogP contribution in [-0.2, 0) is 6.61 Å². The summed E-state index contributed by atoms with van der Waals surface area (Å²) in [4.78, 5) is 1.25. The van der Waals surface area contributed by atoms with E-state index in [1.165, 1.54) is 4.88 Å². The third-order valence-corrected chi connectivity index (χ3v) is 3.04. The zero-order valence-electron chi connectivity index (χ0n) is 7.37. The van der Waals surface area contributed by atoms with E-state index in [0.717, 1.165) is 21.3 Å². The molecule has 0 fully saturated rings. The zero-order chi connectivity index (χ0) is 9.42. The quantitative estimate of drug-likeness (QED) is 0.682. The first-order valence-electron chi connectivity index (χ1n) is 4.10. The predicted octanol–water partition coefficient (Wildman–Crippen LogP) is 2.28. The lowest BCUT2D eigenvalue weighted by Gasteiger charge is -2.00. The Balaban J connectivity index is 2.80. The average Bonchev–Trinajstić information content (AvgIpc) is 2.43. The molecule has 68 valence electrons. The first-order valence-corrected chi connectivity index (χ1v) is 4.92. The van der Waals surface area contributed by atoms with Gasteiger partial charge in [0.15, 0.2) is 0 Å². The molecular formula is C10H11NOS. The lowest BCUT2D eigenvalue weighted by Crippen LogP contribution is -1.89. The number of fused-ring (bicyclic) bond motifs is 1. The molecule has 0 bridgehead atoms. The lowest BCUT2D eigenvalue weighted by molar-refractivity contribution is 0.283. The van der Waals surface area contributed by atoms with Crippen molar-refractivity contribution in [1.82, 2.24) is 0 Å². The lowest BCUT2D eigenvalue weighted by atomic mass is 10.1. The van der Waals surface area contributed by atoms with Crippen molar-refractivity contribution in [3.8, 4) is 0 Å². The van der Waals surface area contributed by atoms with E-state index in [-0.39, 0.29) is 6.61 Å². The van der Waals surface area contributed by atoms with Crippen molar-refractivity contribution in [2.24, 2.45) is 0 Å². The second-order valence-electron chi connectivity index (χ2n) is 3.11. The van der Waals surface area contributed by atoms with E-state index in [1.807, 2.05) is 12.1 Å². The summed E-state index contributed by atoms with van der Waals surface area (Å²) in [5.41, 5.74) is 7.34. The van der Waals surface area contributed by atoms with Gasteiger partial charge in [0.2, 0.25) is 0 Å². The van der Waals surface area contributed by atoms with Gasteiger partial charge in [0, 0.05) is 15.3 Å². The number of benzene rings is 1. The second kappa shape index (κ2) is 3.01. The highest BCUT2D eigenvalue weighted by molar-refractivity contribution is 7.19. The third-order valence-electron chi connectivity index (χ3n) is 2.04. The van der Waals surface area contributed by atoms with Crippen LogP contribution in [0, 0.1) is 6.92 Å². The van der Waals surface area contributed by atoms with Crippen molar-refractivity contribution < 1.29 is 5.11 Å². The van der Waals surface area contributed by atoms with Gasteiger partial charge in [-0.05, 0) is 36.1 Å². The van der Waals surface area contributed by atoms with E-state index in [1.54, 1.807) is 11.3 Å². The smallest absolute Gasteiger partial charge is 0.0688 e.